The van der Waals surface area contributed by atoms with Crippen molar-refractivity contribution in [2.75, 3.05) is 7.11 Å². The third kappa shape index (κ3) is 2.87. The van der Waals surface area contributed by atoms with Crippen LogP contribution in [-0.4, -0.2) is 12.6 Å². The van der Waals surface area contributed by atoms with Gasteiger partial charge in [0, 0.05) is 17.6 Å². The third-order valence-electron chi connectivity index (χ3n) is 5.88. The molecule has 4 saturated carbocycles. The average molecular weight is 352 g/mol. The second-order valence-corrected chi connectivity index (χ2v) is 7.36. The molecule has 0 aromatic heterocycles. The molecule has 2 nitrogen and oxygen atoms in total. The van der Waals surface area contributed by atoms with Crippen molar-refractivity contribution in [2.45, 2.75) is 50.6 Å². The van der Waals surface area contributed by atoms with Crippen LogP contribution in [0.4, 0.5) is 0 Å². The number of halogens is 1. The molecule has 21 heavy (non-hydrogen) atoms. The van der Waals surface area contributed by atoms with Crippen LogP contribution in [0, 0.1) is 17.8 Å². The Morgan fingerprint density at radius 1 is 1.05 bits per heavy atom. The van der Waals surface area contributed by atoms with E-state index in [0.29, 0.717) is 5.54 Å². The second kappa shape index (κ2) is 5.92. The van der Waals surface area contributed by atoms with E-state index in [-0.39, 0.29) is 17.0 Å². The lowest BCUT2D eigenvalue weighted by molar-refractivity contribution is -0.0206. The monoisotopic (exact) mass is 351 g/mol. The van der Waals surface area contributed by atoms with Gasteiger partial charge in [-0.1, -0.05) is 18.2 Å². The zero-order chi connectivity index (χ0) is 13.6. The smallest absolute Gasteiger partial charge is 0.123 e. The molecule has 0 amide bonds. The first-order chi connectivity index (χ1) is 9.76. The molecule has 4 aliphatic rings. The Morgan fingerprint density at radius 3 is 2.19 bits per heavy atom. The molecule has 1 N–H and O–H groups in total. The topological polar surface area (TPSA) is 21.3 Å². The highest BCUT2D eigenvalue weighted by Crippen LogP contribution is 2.55. The molecule has 0 unspecified atom stereocenters. The molecular weight excluding hydrogens is 326 g/mol. The van der Waals surface area contributed by atoms with Crippen LogP contribution in [0.25, 0.3) is 0 Å². The Bertz CT molecular complexity index is 466. The van der Waals surface area contributed by atoms with Crippen LogP contribution in [0.3, 0.4) is 0 Å². The van der Waals surface area contributed by atoms with Crippen molar-refractivity contribution < 1.29 is 4.74 Å². The summed E-state index contributed by atoms with van der Waals surface area (Å²) in [6.45, 7) is 0.955. The maximum atomic E-state index is 5.48. The molecule has 1 aromatic carbocycles. The molecule has 116 valence electrons. The van der Waals surface area contributed by atoms with E-state index in [9.17, 15) is 0 Å². The van der Waals surface area contributed by atoms with Crippen molar-refractivity contribution in [1.29, 1.82) is 0 Å². The molecule has 5 rings (SSSR count). The van der Waals surface area contributed by atoms with Crippen LogP contribution < -0.4 is 10.1 Å². The number of ether oxygens (including phenoxy) is 1. The Balaban J connectivity index is 0.00000132. The summed E-state index contributed by atoms with van der Waals surface area (Å²) in [4.78, 5) is 0. The molecule has 0 spiro atoms. The van der Waals surface area contributed by atoms with E-state index in [2.05, 4.69) is 23.5 Å². The Labute approximate surface area is 138 Å². The molecule has 0 atom stereocenters. The normalized spacial score (nSPS) is 36.3. The number of nitrogens with one attached hydrogen (secondary N) is 1. The summed E-state index contributed by atoms with van der Waals surface area (Å²) in [5.41, 5.74) is 1.74. The van der Waals surface area contributed by atoms with Gasteiger partial charge in [0.05, 0.1) is 7.11 Å². The highest BCUT2D eigenvalue weighted by Gasteiger charge is 2.50. The summed E-state index contributed by atoms with van der Waals surface area (Å²) in [6, 6.07) is 8.41. The highest BCUT2D eigenvalue weighted by atomic mass is 79.9. The van der Waals surface area contributed by atoms with Crippen LogP contribution in [0.15, 0.2) is 24.3 Å². The van der Waals surface area contributed by atoms with Crippen molar-refractivity contribution >= 4 is 17.0 Å². The van der Waals surface area contributed by atoms with Crippen LogP contribution in [0.2, 0.25) is 0 Å². The summed E-state index contributed by atoms with van der Waals surface area (Å²) in [5, 5.41) is 3.94. The summed E-state index contributed by atoms with van der Waals surface area (Å²) < 4.78 is 5.48. The lowest BCUT2D eigenvalue weighted by Gasteiger charge is -2.57. The van der Waals surface area contributed by atoms with E-state index in [1.165, 1.54) is 44.1 Å². The standard InChI is InChI=1S/C18H25NO.BrH/c1-20-17-5-3-2-4-16(17)12-19-18-9-13-6-14(10-18)8-15(7-13)11-18;/h2-5,13-15,19H,6-12H2,1H3;1H. The summed E-state index contributed by atoms with van der Waals surface area (Å²) >= 11 is 0. The minimum atomic E-state index is 0. The van der Waals surface area contributed by atoms with E-state index >= 15 is 0 Å². The SMILES string of the molecule is Br.COc1ccccc1CNC12CC3CC(CC(C3)C1)C2. The molecule has 0 heterocycles. The zero-order valence-electron chi connectivity index (χ0n) is 12.8. The third-order valence-corrected chi connectivity index (χ3v) is 5.88. The summed E-state index contributed by atoms with van der Waals surface area (Å²) in [7, 11) is 1.77. The number of rotatable bonds is 4. The minimum absolute atomic E-state index is 0. The molecule has 1 aromatic rings. The van der Waals surface area contributed by atoms with Gasteiger partial charge in [0.1, 0.15) is 5.75 Å². The van der Waals surface area contributed by atoms with Gasteiger partial charge in [0.15, 0.2) is 0 Å². The van der Waals surface area contributed by atoms with Crippen LogP contribution >= 0.6 is 17.0 Å². The predicted molar refractivity (Wildman–Crippen MR) is 91.1 cm³/mol. The van der Waals surface area contributed by atoms with E-state index in [1.54, 1.807) is 7.11 Å². The maximum Gasteiger partial charge on any atom is 0.123 e. The Hall–Kier alpha value is -0.540. The fourth-order valence-corrected chi connectivity index (χ4v) is 5.46. The van der Waals surface area contributed by atoms with Crippen molar-refractivity contribution in [3.8, 4) is 5.75 Å². The maximum absolute atomic E-state index is 5.48. The molecule has 4 fully saturated rings. The van der Waals surface area contributed by atoms with E-state index in [1.807, 2.05) is 6.07 Å². The van der Waals surface area contributed by atoms with Crippen LogP contribution in [0.1, 0.15) is 44.1 Å². The van der Waals surface area contributed by atoms with Gasteiger partial charge in [-0.05, 0) is 62.3 Å². The lowest BCUT2D eigenvalue weighted by atomic mass is 9.53. The Kier molecular flexibility index (Phi) is 4.33. The molecule has 0 saturated heterocycles. The van der Waals surface area contributed by atoms with Gasteiger partial charge >= 0.3 is 0 Å². The quantitative estimate of drug-likeness (QED) is 0.871. The molecule has 3 heteroatoms. The van der Waals surface area contributed by atoms with Crippen molar-refractivity contribution in [3.63, 3.8) is 0 Å². The van der Waals surface area contributed by atoms with Crippen LogP contribution in [-0.2, 0) is 6.54 Å². The minimum Gasteiger partial charge on any atom is -0.496 e. The first kappa shape index (κ1) is 15.4. The number of benzene rings is 1. The summed E-state index contributed by atoms with van der Waals surface area (Å²) in [6.07, 6.45) is 8.76. The van der Waals surface area contributed by atoms with Crippen molar-refractivity contribution in [2.24, 2.45) is 17.8 Å². The van der Waals surface area contributed by atoms with Gasteiger partial charge in [-0.3, -0.25) is 0 Å². The predicted octanol–water partition coefficient (Wildman–Crippen LogP) is 4.33. The van der Waals surface area contributed by atoms with Gasteiger partial charge in [-0.2, -0.15) is 0 Å². The van der Waals surface area contributed by atoms with Crippen molar-refractivity contribution in [1.82, 2.24) is 5.32 Å². The fraction of sp³-hybridized carbons (Fsp3) is 0.667. The largest absolute Gasteiger partial charge is 0.496 e. The highest BCUT2D eigenvalue weighted by molar-refractivity contribution is 8.93. The molecule has 4 bridgehead atoms. The van der Waals surface area contributed by atoms with Crippen LogP contribution in [0.5, 0.6) is 5.75 Å². The van der Waals surface area contributed by atoms with Gasteiger partial charge < -0.3 is 10.1 Å². The first-order valence-corrected chi connectivity index (χ1v) is 8.13. The van der Waals surface area contributed by atoms with E-state index < -0.39 is 0 Å². The van der Waals surface area contributed by atoms with Gasteiger partial charge in [0.2, 0.25) is 0 Å². The molecule has 0 aliphatic heterocycles. The second-order valence-electron chi connectivity index (χ2n) is 7.36. The average Bonchev–Trinajstić information content (AvgIpc) is 2.44. The number of methoxy groups -OCH3 is 1. The fourth-order valence-electron chi connectivity index (χ4n) is 5.46. The zero-order valence-corrected chi connectivity index (χ0v) is 14.5. The van der Waals surface area contributed by atoms with Gasteiger partial charge in [-0.15, -0.1) is 17.0 Å². The van der Waals surface area contributed by atoms with Crippen molar-refractivity contribution in [3.05, 3.63) is 29.8 Å². The number of hydrogen-bond donors (Lipinski definition) is 1. The number of para-hydroxylation sites is 1. The van der Waals surface area contributed by atoms with E-state index in [0.717, 1.165) is 30.0 Å². The van der Waals surface area contributed by atoms with Gasteiger partial charge in [-0.25, -0.2) is 0 Å². The van der Waals surface area contributed by atoms with E-state index in [4.69, 9.17) is 4.74 Å². The summed E-state index contributed by atoms with van der Waals surface area (Å²) in [5.74, 6) is 4.04. The first-order valence-electron chi connectivity index (χ1n) is 8.13. The Morgan fingerprint density at radius 2 is 1.62 bits per heavy atom. The lowest BCUT2D eigenvalue weighted by Crippen LogP contribution is -2.58. The molecule has 4 aliphatic carbocycles. The molecule has 0 radical (unpaired) electrons. The van der Waals surface area contributed by atoms with Gasteiger partial charge in [0.25, 0.3) is 0 Å². The molecular formula is C18H26BrNO. The number of hydrogen-bond acceptors (Lipinski definition) is 2.